The normalized spacial score (nSPS) is 13.2. The van der Waals surface area contributed by atoms with Gasteiger partial charge in [-0.05, 0) is 37.2 Å². The van der Waals surface area contributed by atoms with Crippen molar-refractivity contribution in [2.75, 3.05) is 0 Å². The Labute approximate surface area is 88.4 Å². The van der Waals surface area contributed by atoms with Crippen LogP contribution in [-0.4, -0.2) is 0 Å². The molecule has 0 heterocycles. The standard InChI is InChI=1S/C14H22/c1-11(2)13(4)7-10-14-8-5-12(3)6-9-14/h5-6,8-9,11,13H,7,10H2,1-4H3. The molecule has 0 aromatic heterocycles. The minimum absolute atomic E-state index is 0.806. The van der Waals surface area contributed by atoms with Crippen LogP contribution in [0.3, 0.4) is 0 Å². The first kappa shape index (κ1) is 11.3. The van der Waals surface area contributed by atoms with Gasteiger partial charge in [0.15, 0.2) is 0 Å². The van der Waals surface area contributed by atoms with Gasteiger partial charge < -0.3 is 0 Å². The van der Waals surface area contributed by atoms with E-state index in [0.717, 1.165) is 11.8 Å². The molecule has 0 spiro atoms. The van der Waals surface area contributed by atoms with Gasteiger partial charge in [0.1, 0.15) is 0 Å². The van der Waals surface area contributed by atoms with Gasteiger partial charge in [-0.2, -0.15) is 0 Å². The third kappa shape index (κ3) is 3.53. The second-order valence-electron chi connectivity index (χ2n) is 4.75. The highest BCUT2D eigenvalue weighted by atomic mass is 14.1. The number of benzene rings is 1. The Morgan fingerprint density at radius 1 is 1.00 bits per heavy atom. The molecule has 14 heavy (non-hydrogen) atoms. The van der Waals surface area contributed by atoms with Crippen molar-refractivity contribution in [3.63, 3.8) is 0 Å². The molecule has 0 fully saturated rings. The molecule has 0 aliphatic heterocycles. The Morgan fingerprint density at radius 2 is 1.57 bits per heavy atom. The van der Waals surface area contributed by atoms with Crippen LogP contribution in [0.1, 0.15) is 38.3 Å². The van der Waals surface area contributed by atoms with Crippen LogP contribution in [0.2, 0.25) is 0 Å². The molecule has 0 radical (unpaired) electrons. The van der Waals surface area contributed by atoms with Gasteiger partial charge >= 0.3 is 0 Å². The van der Waals surface area contributed by atoms with Gasteiger partial charge in [-0.15, -0.1) is 0 Å². The minimum Gasteiger partial charge on any atom is -0.0625 e. The van der Waals surface area contributed by atoms with Crippen LogP contribution in [0.15, 0.2) is 24.3 Å². The Bertz CT molecular complexity index is 256. The molecule has 1 aromatic rings. The summed E-state index contributed by atoms with van der Waals surface area (Å²) in [5.41, 5.74) is 2.83. The van der Waals surface area contributed by atoms with Gasteiger partial charge in [-0.25, -0.2) is 0 Å². The Kier molecular flexibility index (Phi) is 4.19. The summed E-state index contributed by atoms with van der Waals surface area (Å²) in [6.07, 6.45) is 2.53. The highest BCUT2D eigenvalue weighted by Crippen LogP contribution is 2.17. The molecule has 0 aliphatic carbocycles. The van der Waals surface area contributed by atoms with Crippen molar-refractivity contribution in [3.8, 4) is 0 Å². The number of hydrogen-bond acceptors (Lipinski definition) is 0. The van der Waals surface area contributed by atoms with Gasteiger partial charge in [0.25, 0.3) is 0 Å². The first-order chi connectivity index (χ1) is 6.59. The number of aryl methyl sites for hydroxylation is 2. The summed E-state index contributed by atoms with van der Waals surface area (Å²) >= 11 is 0. The molecule has 78 valence electrons. The van der Waals surface area contributed by atoms with E-state index >= 15 is 0 Å². The Hall–Kier alpha value is -0.780. The molecule has 1 rings (SSSR count). The van der Waals surface area contributed by atoms with Crippen molar-refractivity contribution < 1.29 is 0 Å². The van der Waals surface area contributed by atoms with Crippen LogP contribution in [0.4, 0.5) is 0 Å². The number of hydrogen-bond donors (Lipinski definition) is 0. The fraction of sp³-hybridized carbons (Fsp3) is 0.571. The summed E-state index contributed by atoms with van der Waals surface area (Å²) in [7, 11) is 0. The first-order valence-electron chi connectivity index (χ1n) is 5.65. The molecule has 0 heteroatoms. The molecule has 0 aliphatic rings. The van der Waals surface area contributed by atoms with E-state index in [9.17, 15) is 0 Å². The van der Waals surface area contributed by atoms with Crippen LogP contribution in [0.25, 0.3) is 0 Å². The zero-order chi connectivity index (χ0) is 10.6. The van der Waals surface area contributed by atoms with Crippen LogP contribution in [0, 0.1) is 18.8 Å². The lowest BCUT2D eigenvalue weighted by Gasteiger charge is -2.14. The fourth-order valence-corrected chi connectivity index (χ4v) is 1.48. The van der Waals surface area contributed by atoms with Gasteiger partial charge in [-0.3, -0.25) is 0 Å². The lowest BCUT2D eigenvalue weighted by molar-refractivity contribution is 0.393. The molecule has 1 atom stereocenters. The molecule has 0 saturated heterocycles. The smallest absolute Gasteiger partial charge is 0.0276 e. The number of rotatable bonds is 4. The predicted octanol–water partition coefficient (Wildman–Crippen LogP) is 4.22. The van der Waals surface area contributed by atoms with Gasteiger partial charge in [0.2, 0.25) is 0 Å². The molecular weight excluding hydrogens is 168 g/mol. The molecule has 0 N–H and O–H groups in total. The van der Waals surface area contributed by atoms with Gasteiger partial charge in [-0.1, -0.05) is 50.6 Å². The van der Waals surface area contributed by atoms with E-state index in [1.807, 2.05) is 0 Å². The lowest BCUT2D eigenvalue weighted by Crippen LogP contribution is -2.05. The van der Waals surface area contributed by atoms with E-state index in [1.54, 1.807) is 0 Å². The average Bonchev–Trinajstić information content (AvgIpc) is 2.16. The van der Waals surface area contributed by atoms with E-state index < -0.39 is 0 Å². The quantitative estimate of drug-likeness (QED) is 0.667. The van der Waals surface area contributed by atoms with Crippen molar-refractivity contribution in [1.82, 2.24) is 0 Å². The summed E-state index contributed by atoms with van der Waals surface area (Å²) in [4.78, 5) is 0. The van der Waals surface area contributed by atoms with Crippen LogP contribution >= 0.6 is 0 Å². The van der Waals surface area contributed by atoms with E-state index in [2.05, 4.69) is 52.0 Å². The van der Waals surface area contributed by atoms with Crippen molar-refractivity contribution >= 4 is 0 Å². The summed E-state index contributed by atoms with van der Waals surface area (Å²) in [5.74, 6) is 1.64. The molecular formula is C14H22. The maximum Gasteiger partial charge on any atom is -0.0276 e. The molecule has 1 aromatic carbocycles. The van der Waals surface area contributed by atoms with Gasteiger partial charge in [0, 0.05) is 0 Å². The van der Waals surface area contributed by atoms with E-state index in [0.29, 0.717) is 0 Å². The van der Waals surface area contributed by atoms with Crippen LogP contribution in [0.5, 0.6) is 0 Å². The zero-order valence-corrected chi connectivity index (χ0v) is 9.88. The third-order valence-electron chi connectivity index (χ3n) is 3.15. The largest absolute Gasteiger partial charge is 0.0625 e. The second kappa shape index (κ2) is 5.19. The average molecular weight is 190 g/mol. The summed E-state index contributed by atoms with van der Waals surface area (Å²) in [5, 5.41) is 0. The summed E-state index contributed by atoms with van der Waals surface area (Å²) in [6, 6.07) is 8.91. The first-order valence-corrected chi connectivity index (χ1v) is 5.65. The monoisotopic (exact) mass is 190 g/mol. The predicted molar refractivity (Wildman–Crippen MR) is 63.5 cm³/mol. The van der Waals surface area contributed by atoms with Crippen molar-refractivity contribution in [2.45, 2.75) is 40.5 Å². The van der Waals surface area contributed by atoms with E-state index in [1.165, 1.54) is 24.0 Å². The third-order valence-corrected chi connectivity index (χ3v) is 3.15. The second-order valence-corrected chi connectivity index (χ2v) is 4.75. The van der Waals surface area contributed by atoms with Crippen LogP contribution in [-0.2, 0) is 6.42 Å². The molecule has 1 unspecified atom stereocenters. The van der Waals surface area contributed by atoms with Crippen molar-refractivity contribution in [3.05, 3.63) is 35.4 Å². The minimum atomic E-state index is 0.806. The fourth-order valence-electron chi connectivity index (χ4n) is 1.48. The SMILES string of the molecule is Cc1ccc(CCC(C)C(C)C)cc1. The van der Waals surface area contributed by atoms with E-state index in [-0.39, 0.29) is 0 Å². The molecule has 0 nitrogen and oxygen atoms in total. The maximum atomic E-state index is 2.35. The highest BCUT2D eigenvalue weighted by Gasteiger charge is 2.06. The molecule has 0 bridgehead atoms. The summed E-state index contributed by atoms with van der Waals surface area (Å²) < 4.78 is 0. The molecule has 0 amide bonds. The topological polar surface area (TPSA) is 0 Å². The Balaban J connectivity index is 2.42. The zero-order valence-electron chi connectivity index (χ0n) is 9.88. The molecule has 0 saturated carbocycles. The van der Waals surface area contributed by atoms with E-state index in [4.69, 9.17) is 0 Å². The van der Waals surface area contributed by atoms with Crippen LogP contribution < -0.4 is 0 Å². The Morgan fingerprint density at radius 3 is 2.07 bits per heavy atom. The maximum absolute atomic E-state index is 2.35. The van der Waals surface area contributed by atoms with Gasteiger partial charge in [0.05, 0.1) is 0 Å². The van der Waals surface area contributed by atoms with Crippen molar-refractivity contribution in [2.24, 2.45) is 11.8 Å². The summed E-state index contributed by atoms with van der Waals surface area (Å²) in [6.45, 7) is 9.10. The van der Waals surface area contributed by atoms with Crippen molar-refractivity contribution in [1.29, 1.82) is 0 Å². The lowest BCUT2D eigenvalue weighted by atomic mass is 9.91. The highest BCUT2D eigenvalue weighted by molar-refractivity contribution is 5.21.